The fraction of sp³-hybridized carbons (Fsp3) is 0.188. The number of benzene rings is 1. The second kappa shape index (κ2) is 5.55. The Balaban J connectivity index is 1.64. The summed E-state index contributed by atoms with van der Waals surface area (Å²) in [6.07, 6.45) is 4.94. The van der Waals surface area contributed by atoms with Gasteiger partial charge in [-0.05, 0) is 24.3 Å². The van der Waals surface area contributed by atoms with Crippen LogP contribution in [-0.4, -0.2) is 42.3 Å². The molecule has 0 spiro atoms. The molecule has 1 amide bonds. The maximum atomic E-state index is 12.6. The number of hydrogen-bond acceptors (Lipinski definition) is 6. The molecule has 0 radical (unpaired) electrons. The zero-order chi connectivity index (χ0) is 17.6. The third-order valence-corrected chi connectivity index (χ3v) is 5.01. The Morgan fingerprint density at radius 2 is 2.20 bits per heavy atom. The lowest BCUT2D eigenvalue weighted by Gasteiger charge is -2.28. The Morgan fingerprint density at radius 3 is 3.04 bits per heavy atom. The molecular formula is C16H14N4O4S. The van der Waals surface area contributed by atoms with E-state index in [9.17, 15) is 13.2 Å². The fourth-order valence-electron chi connectivity index (χ4n) is 2.71. The van der Waals surface area contributed by atoms with Crippen molar-refractivity contribution in [3.05, 3.63) is 48.0 Å². The van der Waals surface area contributed by atoms with Crippen molar-refractivity contribution in [1.82, 2.24) is 9.88 Å². The van der Waals surface area contributed by atoms with Crippen molar-refractivity contribution in [3.8, 4) is 0 Å². The minimum atomic E-state index is -3.55. The standard InChI is InChI=1S/C16H14N4O4S/c1-10-17-13-5-4-11(9-14(13)24-10)18-16(21)12-3-2-6-20-7-8-25(22,23)19-15(12)20/h2-6,9H,7-8H2,1H3,(H,18,21). The first-order valence-electron chi connectivity index (χ1n) is 7.58. The number of amides is 1. The summed E-state index contributed by atoms with van der Waals surface area (Å²) in [6, 6.07) is 5.12. The molecule has 0 saturated carbocycles. The van der Waals surface area contributed by atoms with Gasteiger partial charge in [0.15, 0.2) is 17.3 Å². The number of anilines is 1. The summed E-state index contributed by atoms with van der Waals surface area (Å²) in [5.41, 5.74) is 1.98. The molecule has 2 aromatic rings. The van der Waals surface area contributed by atoms with Gasteiger partial charge < -0.3 is 14.6 Å². The van der Waals surface area contributed by atoms with Crippen molar-refractivity contribution < 1.29 is 17.6 Å². The maximum Gasteiger partial charge on any atom is 0.259 e. The molecule has 1 aromatic carbocycles. The first-order valence-corrected chi connectivity index (χ1v) is 9.19. The number of allylic oxidation sites excluding steroid dienone is 2. The van der Waals surface area contributed by atoms with E-state index in [4.69, 9.17) is 4.42 Å². The number of sulfonamides is 1. The topological polar surface area (TPSA) is 105 Å². The van der Waals surface area contributed by atoms with E-state index in [0.29, 0.717) is 22.7 Å². The predicted molar refractivity (Wildman–Crippen MR) is 92.5 cm³/mol. The Hall–Kier alpha value is -2.94. The van der Waals surface area contributed by atoms with Gasteiger partial charge in [0.25, 0.3) is 15.9 Å². The van der Waals surface area contributed by atoms with Crippen molar-refractivity contribution in [2.45, 2.75) is 6.92 Å². The molecule has 3 heterocycles. The summed E-state index contributed by atoms with van der Waals surface area (Å²) in [7, 11) is -3.55. The van der Waals surface area contributed by atoms with Gasteiger partial charge in [0, 0.05) is 31.4 Å². The van der Waals surface area contributed by atoms with Crippen LogP contribution in [0.3, 0.4) is 0 Å². The highest BCUT2D eigenvalue weighted by Gasteiger charge is 2.30. The molecule has 8 nitrogen and oxygen atoms in total. The predicted octanol–water partition coefficient (Wildman–Crippen LogP) is 1.57. The molecule has 2 aliphatic heterocycles. The van der Waals surface area contributed by atoms with Gasteiger partial charge in [-0.1, -0.05) is 0 Å². The third-order valence-electron chi connectivity index (χ3n) is 3.86. The van der Waals surface area contributed by atoms with Crippen LogP contribution in [0.25, 0.3) is 11.1 Å². The minimum Gasteiger partial charge on any atom is -0.441 e. The largest absolute Gasteiger partial charge is 0.441 e. The van der Waals surface area contributed by atoms with Crippen LogP contribution in [0.2, 0.25) is 0 Å². The van der Waals surface area contributed by atoms with Crippen LogP contribution >= 0.6 is 0 Å². The summed E-state index contributed by atoms with van der Waals surface area (Å²) < 4.78 is 32.7. The smallest absolute Gasteiger partial charge is 0.259 e. The Morgan fingerprint density at radius 1 is 1.36 bits per heavy atom. The molecule has 0 fully saturated rings. The van der Waals surface area contributed by atoms with Crippen molar-refractivity contribution in [2.24, 2.45) is 4.40 Å². The van der Waals surface area contributed by atoms with E-state index < -0.39 is 15.9 Å². The highest BCUT2D eigenvalue weighted by Crippen LogP contribution is 2.22. The van der Waals surface area contributed by atoms with Crippen molar-refractivity contribution >= 4 is 38.6 Å². The number of hydrogen-bond donors (Lipinski definition) is 1. The van der Waals surface area contributed by atoms with Crippen LogP contribution in [-0.2, 0) is 14.8 Å². The SMILES string of the molecule is Cc1nc2ccc(NC(=O)C3=CC=CN4CCS(=O)(=O)N=C34)cc2o1. The number of fused-ring (bicyclic) bond motifs is 2. The monoisotopic (exact) mass is 358 g/mol. The average Bonchev–Trinajstić information content (AvgIpc) is 2.92. The number of nitrogens with zero attached hydrogens (tertiary/aromatic N) is 3. The Labute approximate surface area is 143 Å². The van der Waals surface area contributed by atoms with Gasteiger partial charge in [-0.15, -0.1) is 4.40 Å². The van der Waals surface area contributed by atoms with Crippen LogP contribution in [0, 0.1) is 6.92 Å². The number of aromatic nitrogens is 1. The molecule has 128 valence electrons. The van der Waals surface area contributed by atoms with Crippen LogP contribution in [0.15, 0.2) is 50.9 Å². The van der Waals surface area contributed by atoms with Gasteiger partial charge in [-0.25, -0.2) is 13.4 Å². The molecule has 0 aliphatic carbocycles. The Bertz CT molecular complexity index is 1080. The lowest BCUT2D eigenvalue weighted by Crippen LogP contribution is -2.40. The van der Waals surface area contributed by atoms with Gasteiger partial charge in [-0.2, -0.15) is 0 Å². The van der Waals surface area contributed by atoms with Crippen LogP contribution in [0.4, 0.5) is 5.69 Å². The van der Waals surface area contributed by atoms with E-state index in [1.165, 1.54) is 0 Å². The highest BCUT2D eigenvalue weighted by molar-refractivity contribution is 7.90. The van der Waals surface area contributed by atoms with E-state index in [-0.39, 0.29) is 23.7 Å². The molecule has 0 bridgehead atoms. The first kappa shape index (κ1) is 15.6. The van der Waals surface area contributed by atoms with Crippen LogP contribution in [0.1, 0.15) is 5.89 Å². The molecule has 2 aliphatic rings. The third kappa shape index (κ3) is 2.93. The molecule has 9 heteroatoms. The second-order valence-electron chi connectivity index (χ2n) is 5.69. The lowest BCUT2D eigenvalue weighted by atomic mass is 10.1. The van der Waals surface area contributed by atoms with E-state index >= 15 is 0 Å². The van der Waals surface area contributed by atoms with Gasteiger partial charge in [0.1, 0.15) is 5.52 Å². The highest BCUT2D eigenvalue weighted by atomic mass is 32.2. The molecule has 0 unspecified atom stereocenters. The first-order chi connectivity index (χ1) is 11.9. The van der Waals surface area contributed by atoms with Gasteiger partial charge >= 0.3 is 0 Å². The number of oxazole rings is 1. The van der Waals surface area contributed by atoms with Gasteiger partial charge in [0.05, 0.1) is 11.3 Å². The summed E-state index contributed by atoms with van der Waals surface area (Å²) >= 11 is 0. The zero-order valence-electron chi connectivity index (χ0n) is 13.3. The number of rotatable bonds is 2. The summed E-state index contributed by atoms with van der Waals surface area (Å²) in [4.78, 5) is 18.5. The normalized spacial score (nSPS) is 18.5. The Kier molecular flexibility index (Phi) is 3.46. The number of amidine groups is 1. The number of carbonyl (C=O) groups is 1. The molecule has 0 atom stereocenters. The summed E-state index contributed by atoms with van der Waals surface area (Å²) in [6.45, 7) is 2.01. The maximum absolute atomic E-state index is 12.6. The quantitative estimate of drug-likeness (QED) is 0.874. The van der Waals surface area contributed by atoms with Crippen molar-refractivity contribution in [3.63, 3.8) is 0 Å². The fourth-order valence-corrected chi connectivity index (χ4v) is 3.69. The van der Waals surface area contributed by atoms with E-state index in [2.05, 4.69) is 14.7 Å². The molecule has 4 rings (SSSR count). The van der Waals surface area contributed by atoms with Crippen molar-refractivity contribution in [1.29, 1.82) is 0 Å². The number of carbonyl (C=O) groups excluding carboxylic acids is 1. The number of nitrogens with one attached hydrogen (secondary N) is 1. The van der Waals surface area contributed by atoms with Crippen LogP contribution < -0.4 is 5.32 Å². The lowest BCUT2D eigenvalue weighted by molar-refractivity contribution is -0.112. The van der Waals surface area contributed by atoms with Gasteiger partial charge in [-0.3, -0.25) is 4.79 Å². The molecule has 1 aromatic heterocycles. The van der Waals surface area contributed by atoms with E-state index in [0.717, 1.165) is 0 Å². The summed E-state index contributed by atoms with van der Waals surface area (Å²) in [5, 5.41) is 2.74. The molecular weight excluding hydrogens is 344 g/mol. The summed E-state index contributed by atoms with van der Waals surface area (Å²) in [5.74, 6) is 0.164. The minimum absolute atomic E-state index is 0.0722. The van der Waals surface area contributed by atoms with Crippen LogP contribution in [0.5, 0.6) is 0 Å². The molecule has 25 heavy (non-hydrogen) atoms. The van der Waals surface area contributed by atoms with Gasteiger partial charge in [0.2, 0.25) is 0 Å². The zero-order valence-corrected chi connectivity index (χ0v) is 14.1. The average molecular weight is 358 g/mol. The second-order valence-corrected chi connectivity index (χ2v) is 7.44. The number of aryl methyl sites for hydroxylation is 1. The molecule has 1 N–H and O–H groups in total. The molecule has 0 saturated heterocycles. The van der Waals surface area contributed by atoms with Crippen molar-refractivity contribution in [2.75, 3.05) is 17.6 Å². The van der Waals surface area contributed by atoms with E-state index in [1.54, 1.807) is 48.4 Å². The van der Waals surface area contributed by atoms with E-state index in [1.807, 2.05) is 0 Å².